The van der Waals surface area contributed by atoms with E-state index in [0.717, 1.165) is 16.8 Å². The molecule has 0 saturated carbocycles. The molecule has 0 aliphatic heterocycles. The van der Waals surface area contributed by atoms with E-state index in [9.17, 15) is 4.79 Å². The Morgan fingerprint density at radius 3 is 2.45 bits per heavy atom. The number of hydrogen-bond acceptors (Lipinski definition) is 5. The van der Waals surface area contributed by atoms with Gasteiger partial charge >= 0.3 is 0 Å². The van der Waals surface area contributed by atoms with Crippen molar-refractivity contribution in [2.45, 2.75) is 43.6 Å². The minimum Gasteiger partial charge on any atom is -0.351 e. The lowest BCUT2D eigenvalue weighted by molar-refractivity contribution is -0.120. The number of benzene rings is 2. The fourth-order valence-electron chi connectivity index (χ4n) is 3.57. The minimum absolute atomic E-state index is 0.0431. The molecule has 2 heterocycles. The van der Waals surface area contributed by atoms with Crippen LogP contribution in [0.3, 0.4) is 0 Å². The van der Waals surface area contributed by atoms with Gasteiger partial charge in [-0.2, -0.15) is 0 Å². The summed E-state index contributed by atoms with van der Waals surface area (Å²) in [6, 6.07) is 22.0. The van der Waals surface area contributed by atoms with Crippen molar-refractivity contribution in [2.24, 2.45) is 0 Å². The molecule has 0 radical (unpaired) electrons. The molecular weight excluding hydrogens is 430 g/mol. The Hall–Kier alpha value is -3.45. The number of rotatable bonds is 8. The zero-order valence-electron chi connectivity index (χ0n) is 19.0. The predicted molar refractivity (Wildman–Crippen MR) is 132 cm³/mol. The van der Waals surface area contributed by atoms with Crippen LogP contribution >= 0.6 is 11.8 Å². The summed E-state index contributed by atoms with van der Waals surface area (Å²) in [5, 5.41) is 12.3. The maximum Gasteiger partial charge on any atom is 0.233 e. The molecule has 0 aliphatic rings. The first kappa shape index (κ1) is 22.7. The fourth-order valence-corrected chi connectivity index (χ4v) is 4.45. The van der Waals surface area contributed by atoms with Gasteiger partial charge in [0.15, 0.2) is 11.0 Å². The highest BCUT2D eigenvalue weighted by molar-refractivity contribution is 8.00. The summed E-state index contributed by atoms with van der Waals surface area (Å²) in [6.45, 7) is 6.72. The number of carbonyl (C=O) groups is 1. The van der Waals surface area contributed by atoms with E-state index in [4.69, 9.17) is 0 Å². The number of nitrogens with one attached hydrogen (secondary N) is 1. The van der Waals surface area contributed by atoms with Gasteiger partial charge in [0.1, 0.15) is 0 Å². The molecule has 2 aromatic heterocycles. The molecule has 2 aromatic carbocycles. The number of pyridine rings is 1. The monoisotopic (exact) mass is 457 g/mol. The summed E-state index contributed by atoms with van der Waals surface area (Å²) in [6.07, 6.45) is 3.52. The average Bonchev–Trinajstić information content (AvgIpc) is 3.26. The van der Waals surface area contributed by atoms with Crippen LogP contribution in [-0.4, -0.2) is 30.9 Å². The summed E-state index contributed by atoms with van der Waals surface area (Å²) < 4.78 is 2.04. The lowest BCUT2D eigenvalue weighted by Crippen LogP contribution is -2.30. The molecule has 1 unspecified atom stereocenters. The van der Waals surface area contributed by atoms with Crippen LogP contribution in [0.1, 0.15) is 37.8 Å². The molecule has 1 atom stereocenters. The van der Waals surface area contributed by atoms with E-state index >= 15 is 0 Å². The van der Waals surface area contributed by atoms with Gasteiger partial charge in [-0.15, -0.1) is 10.2 Å². The lowest BCUT2D eigenvalue weighted by Gasteiger charge is -2.18. The number of aromatic nitrogens is 4. The average molecular weight is 458 g/mol. The summed E-state index contributed by atoms with van der Waals surface area (Å²) in [7, 11) is 0. The highest BCUT2D eigenvalue weighted by Gasteiger charge is 2.23. The Kier molecular flexibility index (Phi) is 7.19. The van der Waals surface area contributed by atoms with Crippen molar-refractivity contribution in [2.75, 3.05) is 0 Å². The van der Waals surface area contributed by atoms with Crippen LogP contribution in [-0.2, 0) is 11.3 Å². The number of amides is 1. The van der Waals surface area contributed by atoms with Gasteiger partial charge in [0.25, 0.3) is 0 Å². The highest BCUT2D eigenvalue weighted by Crippen LogP contribution is 2.33. The second-order valence-corrected chi connectivity index (χ2v) is 9.37. The molecule has 1 N–H and O–H groups in total. The smallest absolute Gasteiger partial charge is 0.233 e. The number of para-hydroxylation sites is 1. The molecule has 0 bridgehead atoms. The number of nitrogens with zero attached hydrogens (tertiary/aromatic N) is 4. The molecule has 4 aromatic rings. The third-order valence-electron chi connectivity index (χ3n) is 5.31. The van der Waals surface area contributed by atoms with Gasteiger partial charge in [0.2, 0.25) is 5.91 Å². The first-order valence-electron chi connectivity index (χ1n) is 11.0. The van der Waals surface area contributed by atoms with Crippen molar-refractivity contribution in [3.8, 4) is 17.1 Å². The van der Waals surface area contributed by atoms with Gasteiger partial charge in [-0.25, -0.2) is 0 Å². The number of carbonyl (C=O) groups excluding carboxylic acids is 1. The van der Waals surface area contributed by atoms with Crippen molar-refractivity contribution >= 4 is 17.7 Å². The molecule has 4 rings (SSSR count). The molecule has 0 spiro atoms. The number of hydrogen-bond donors (Lipinski definition) is 1. The van der Waals surface area contributed by atoms with Gasteiger partial charge in [0, 0.05) is 24.5 Å². The Morgan fingerprint density at radius 2 is 1.73 bits per heavy atom. The van der Waals surface area contributed by atoms with E-state index in [1.165, 1.54) is 17.3 Å². The van der Waals surface area contributed by atoms with Crippen LogP contribution in [0.4, 0.5) is 0 Å². The zero-order chi connectivity index (χ0) is 23.2. The first-order valence-corrected chi connectivity index (χ1v) is 11.9. The molecule has 0 saturated heterocycles. The van der Waals surface area contributed by atoms with Crippen LogP contribution in [0, 0.1) is 0 Å². The van der Waals surface area contributed by atoms with Crippen LogP contribution in [0.2, 0.25) is 0 Å². The molecule has 0 aliphatic carbocycles. The zero-order valence-corrected chi connectivity index (χ0v) is 19.8. The molecule has 1 amide bonds. The third-order valence-corrected chi connectivity index (χ3v) is 6.36. The first-order chi connectivity index (χ1) is 16.0. The molecular formula is C26H27N5OS. The molecule has 6 nitrogen and oxygen atoms in total. The van der Waals surface area contributed by atoms with E-state index in [0.29, 0.717) is 23.4 Å². The van der Waals surface area contributed by atoms with E-state index in [2.05, 4.69) is 46.5 Å². The Morgan fingerprint density at radius 1 is 0.970 bits per heavy atom. The lowest BCUT2D eigenvalue weighted by atomic mass is 10.0. The summed E-state index contributed by atoms with van der Waals surface area (Å²) in [5.41, 5.74) is 4.13. The van der Waals surface area contributed by atoms with Crippen LogP contribution < -0.4 is 5.32 Å². The quantitative estimate of drug-likeness (QED) is 0.366. The van der Waals surface area contributed by atoms with Gasteiger partial charge in [-0.1, -0.05) is 74.1 Å². The topological polar surface area (TPSA) is 72.7 Å². The Labute approximate surface area is 198 Å². The second kappa shape index (κ2) is 10.4. The largest absolute Gasteiger partial charge is 0.351 e. The van der Waals surface area contributed by atoms with Gasteiger partial charge in [-0.3, -0.25) is 14.3 Å². The van der Waals surface area contributed by atoms with E-state index < -0.39 is 0 Å². The van der Waals surface area contributed by atoms with Crippen molar-refractivity contribution < 1.29 is 4.79 Å². The molecule has 33 heavy (non-hydrogen) atoms. The van der Waals surface area contributed by atoms with E-state index in [1.807, 2.05) is 66.1 Å². The molecule has 0 fully saturated rings. The van der Waals surface area contributed by atoms with Crippen LogP contribution in [0.15, 0.2) is 84.3 Å². The van der Waals surface area contributed by atoms with Crippen molar-refractivity contribution in [1.82, 2.24) is 25.1 Å². The summed E-state index contributed by atoms with van der Waals surface area (Å²) in [5.74, 6) is 0.976. The Bertz CT molecular complexity index is 1210. The van der Waals surface area contributed by atoms with Gasteiger partial charge < -0.3 is 5.32 Å². The van der Waals surface area contributed by atoms with E-state index in [-0.39, 0.29) is 11.2 Å². The van der Waals surface area contributed by atoms with Crippen molar-refractivity contribution in [3.63, 3.8) is 0 Å². The fraction of sp³-hybridized carbons (Fsp3) is 0.231. The predicted octanol–water partition coefficient (Wildman–Crippen LogP) is 5.25. The van der Waals surface area contributed by atoms with Crippen molar-refractivity contribution in [3.05, 3.63) is 90.3 Å². The van der Waals surface area contributed by atoms with Gasteiger partial charge in [0.05, 0.1) is 10.9 Å². The second-order valence-electron chi connectivity index (χ2n) is 8.06. The van der Waals surface area contributed by atoms with Crippen LogP contribution in [0.5, 0.6) is 0 Å². The SMILES string of the molecule is CC(Sc1nnc(-c2cccnc2)n1-c1ccccc1C(C)C)C(=O)NCc1ccccc1. The van der Waals surface area contributed by atoms with E-state index in [1.54, 1.807) is 12.4 Å². The molecule has 168 valence electrons. The molecule has 7 heteroatoms. The normalized spacial score (nSPS) is 12.0. The maximum atomic E-state index is 12.8. The van der Waals surface area contributed by atoms with Gasteiger partial charge in [-0.05, 0) is 42.2 Å². The summed E-state index contributed by atoms with van der Waals surface area (Å²) >= 11 is 1.40. The summed E-state index contributed by atoms with van der Waals surface area (Å²) in [4.78, 5) is 17.1. The minimum atomic E-state index is -0.343. The highest BCUT2D eigenvalue weighted by atomic mass is 32.2. The Balaban J connectivity index is 1.65. The van der Waals surface area contributed by atoms with Crippen molar-refractivity contribution in [1.29, 1.82) is 0 Å². The third kappa shape index (κ3) is 5.31. The number of thioether (sulfide) groups is 1. The van der Waals surface area contributed by atoms with Crippen LogP contribution in [0.25, 0.3) is 17.1 Å². The standard InChI is InChI=1S/C26H27N5OS/c1-18(2)22-13-7-8-14-23(22)31-24(21-12-9-15-27-17-21)29-30-26(31)33-19(3)25(32)28-16-20-10-5-4-6-11-20/h4-15,17-19H,16H2,1-3H3,(H,28,32). The maximum absolute atomic E-state index is 12.8.